The number of methoxy groups -OCH3 is 1. The van der Waals surface area contributed by atoms with Crippen molar-refractivity contribution in [3.8, 4) is 0 Å². The molecule has 1 N–H and O–H groups in total. The third kappa shape index (κ3) is 5.17. The molecule has 1 aromatic heterocycles. The Kier molecular flexibility index (Phi) is 7.69. The highest BCUT2D eigenvalue weighted by molar-refractivity contribution is 7.98. The van der Waals surface area contributed by atoms with Gasteiger partial charge in [-0.2, -0.15) is 11.8 Å². The fourth-order valence-electron chi connectivity index (χ4n) is 1.78. The van der Waals surface area contributed by atoms with Gasteiger partial charge >= 0.3 is 0 Å². The lowest BCUT2D eigenvalue weighted by molar-refractivity contribution is 0.178. The van der Waals surface area contributed by atoms with Crippen molar-refractivity contribution in [2.24, 2.45) is 0 Å². The number of rotatable bonds is 9. The summed E-state index contributed by atoms with van der Waals surface area (Å²) in [7, 11) is 3.73. The molecule has 1 heterocycles. The molecular formula is C14H26N4OS. The molecule has 20 heavy (non-hydrogen) atoms. The third-order valence-electron chi connectivity index (χ3n) is 3.02. The van der Waals surface area contributed by atoms with E-state index >= 15 is 0 Å². The van der Waals surface area contributed by atoms with Crippen LogP contribution in [0.4, 0.5) is 11.6 Å². The smallest absolute Gasteiger partial charge is 0.158 e. The van der Waals surface area contributed by atoms with Gasteiger partial charge in [-0.05, 0) is 19.6 Å². The summed E-state index contributed by atoms with van der Waals surface area (Å²) >= 11 is 1.84. The van der Waals surface area contributed by atoms with Gasteiger partial charge in [-0.25, -0.2) is 9.97 Å². The number of nitrogens with zero attached hydrogens (tertiary/aromatic N) is 3. The maximum atomic E-state index is 5.15. The Bertz CT molecular complexity index is 403. The Balaban J connectivity index is 2.94. The molecule has 5 nitrogen and oxygen atoms in total. The van der Waals surface area contributed by atoms with Crippen molar-refractivity contribution in [3.63, 3.8) is 0 Å². The highest BCUT2D eigenvalue weighted by Crippen LogP contribution is 2.18. The normalized spacial score (nSPS) is 12.2. The maximum Gasteiger partial charge on any atom is 0.158 e. The predicted molar refractivity (Wildman–Crippen MR) is 87.8 cm³/mol. The van der Waals surface area contributed by atoms with Crippen molar-refractivity contribution in [3.05, 3.63) is 11.9 Å². The Morgan fingerprint density at radius 3 is 2.80 bits per heavy atom. The van der Waals surface area contributed by atoms with Crippen LogP contribution in [0.5, 0.6) is 0 Å². The zero-order valence-electron chi connectivity index (χ0n) is 13.1. The van der Waals surface area contributed by atoms with Gasteiger partial charge in [-0.1, -0.05) is 6.92 Å². The van der Waals surface area contributed by atoms with Gasteiger partial charge in [0, 0.05) is 38.6 Å². The van der Waals surface area contributed by atoms with Crippen molar-refractivity contribution in [1.29, 1.82) is 0 Å². The van der Waals surface area contributed by atoms with Gasteiger partial charge in [-0.15, -0.1) is 0 Å². The van der Waals surface area contributed by atoms with E-state index in [4.69, 9.17) is 4.74 Å². The van der Waals surface area contributed by atoms with Crippen LogP contribution in [0.1, 0.15) is 26.1 Å². The molecule has 0 aromatic carbocycles. The molecule has 1 rings (SSSR count). The molecular weight excluding hydrogens is 272 g/mol. The lowest BCUT2D eigenvalue weighted by atomic mass is 10.3. The fourth-order valence-corrected chi connectivity index (χ4v) is 2.49. The van der Waals surface area contributed by atoms with Crippen LogP contribution in [0.3, 0.4) is 0 Å². The van der Waals surface area contributed by atoms with E-state index in [1.54, 1.807) is 7.11 Å². The Labute approximate surface area is 126 Å². The molecule has 0 aliphatic heterocycles. The molecule has 0 amide bonds. The number of hydrogen-bond acceptors (Lipinski definition) is 6. The van der Waals surface area contributed by atoms with E-state index in [2.05, 4.69) is 47.3 Å². The van der Waals surface area contributed by atoms with Crippen molar-refractivity contribution in [2.75, 3.05) is 42.9 Å². The fraction of sp³-hybridized carbons (Fsp3) is 0.714. The second kappa shape index (κ2) is 9.02. The van der Waals surface area contributed by atoms with Crippen LogP contribution in [-0.4, -0.2) is 48.7 Å². The standard InChI is InChI=1S/C14H26N4OS/c1-6-7-15-12-8-14(17-13(16-12)9-19-4)18(3)11(2)10-20-5/h8,11H,6-7,9-10H2,1-5H3,(H,15,16,17). The van der Waals surface area contributed by atoms with E-state index in [1.807, 2.05) is 17.8 Å². The summed E-state index contributed by atoms with van der Waals surface area (Å²) in [5.41, 5.74) is 0. The molecule has 0 saturated heterocycles. The molecule has 0 bridgehead atoms. The Hall–Kier alpha value is -1.01. The van der Waals surface area contributed by atoms with E-state index in [0.717, 1.165) is 30.4 Å². The van der Waals surface area contributed by atoms with Crippen LogP contribution >= 0.6 is 11.8 Å². The van der Waals surface area contributed by atoms with E-state index < -0.39 is 0 Å². The lowest BCUT2D eigenvalue weighted by Crippen LogP contribution is -2.32. The molecule has 0 fully saturated rings. The number of nitrogens with one attached hydrogen (secondary N) is 1. The Morgan fingerprint density at radius 2 is 2.20 bits per heavy atom. The van der Waals surface area contributed by atoms with Gasteiger partial charge in [-0.3, -0.25) is 0 Å². The van der Waals surface area contributed by atoms with Gasteiger partial charge in [0.15, 0.2) is 5.82 Å². The molecule has 0 saturated carbocycles. The summed E-state index contributed by atoms with van der Waals surface area (Å²) in [6.45, 7) is 5.68. The second-order valence-electron chi connectivity index (χ2n) is 4.80. The molecule has 0 aliphatic rings. The number of thioether (sulfide) groups is 1. The average molecular weight is 298 g/mol. The molecule has 114 valence electrons. The van der Waals surface area contributed by atoms with Crippen molar-refractivity contribution in [2.45, 2.75) is 32.9 Å². The molecule has 0 aliphatic carbocycles. The first-order chi connectivity index (χ1) is 9.62. The summed E-state index contributed by atoms with van der Waals surface area (Å²) in [5.74, 6) is 3.59. The average Bonchev–Trinajstić information content (AvgIpc) is 2.44. The summed E-state index contributed by atoms with van der Waals surface area (Å²) in [5, 5.41) is 3.32. The highest BCUT2D eigenvalue weighted by atomic mass is 32.2. The van der Waals surface area contributed by atoms with Gasteiger partial charge in [0.2, 0.25) is 0 Å². The maximum absolute atomic E-state index is 5.15. The SMILES string of the molecule is CCCNc1cc(N(C)C(C)CSC)nc(COC)n1. The van der Waals surface area contributed by atoms with Crippen LogP contribution in [0.25, 0.3) is 0 Å². The molecule has 1 unspecified atom stereocenters. The van der Waals surface area contributed by atoms with Crippen molar-refractivity contribution in [1.82, 2.24) is 9.97 Å². The minimum Gasteiger partial charge on any atom is -0.377 e. The molecule has 0 spiro atoms. The zero-order valence-corrected chi connectivity index (χ0v) is 14.0. The van der Waals surface area contributed by atoms with E-state index in [1.165, 1.54) is 0 Å². The lowest BCUT2D eigenvalue weighted by Gasteiger charge is -2.26. The summed E-state index contributed by atoms with van der Waals surface area (Å²) in [6.07, 6.45) is 3.19. The first-order valence-corrected chi connectivity index (χ1v) is 8.34. The van der Waals surface area contributed by atoms with E-state index in [9.17, 15) is 0 Å². The molecule has 0 radical (unpaired) electrons. The second-order valence-corrected chi connectivity index (χ2v) is 5.71. The minimum absolute atomic E-state index is 0.425. The highest BCUT2D eigenvalue weighted by Gasteiger charge is 2.13. The minimum atomic E-state index is 0.425. The van der Waals surface area contributed by atoms with Gasteiger partial charge in [0.25, 0.3) is 0 Å². The summed E-state index contributed by atoms with van der Waals surface area (Å²) in [6, 6.07) is 2.43. The van der Waals surface area contributed by atoms with Crippen LogP contribution < -0.4 is 10.2 Å². The number of hydrogen-bond donors (Lipinski definition) is 1. The molecule has 1 aromatic rings. The first-order valence-electron chi connectivity index (χ1n) is 6.94. The predicted octanol–water partition coefficient (Wildman–Crippen LogP) is 2.63. The van der Waals surface area contributed by atoms with Gasteiger partial charge in [0.05, 0.1) is 0 Å². The number of ether oxygens (including phenoxy) is 1. The third-order valence-corrected chi connectivity index (χ3v) is 3.83. The van der Waals surface area contributed by atoms with Crippen molar-refractivity contribution < 1.29 is 4.74 Å². The van der Waals surface area contributed by atoms with Crippen molar-refractivity contribution >= 4 is 23.4 Å². The first kappa shape index (κ1) is 17.0. The van der Waals surface area contributed by atoms with Gasteiger partial charge < -0.3 is 15.0 Å². The Morgan fingerprint density at radius 1 is 1.45 bits per heavy atom. The number of anilines is 2. The zero-order chi connectivity index (χ0) is 15.0. The number of aromatic nitrogens is 2. The quantitative estimate of drug-likeness (QED) is 0.756. The van der Waals surface area contributed by atoms with Gasteiger partial charge in [0.1, 0.15) is 18.2 Å². The van der Waals surface area contributed by atoms with Crippen LogP contribution in [0.2, 0.25) is 0 Å². The molecule has 1 atom stereocenters. The molecule has 6 heteroatoms. The topological polar surface area (TPSA) is 50.3 Å². The van der Waals surface area contributed by atoms with Crippen LogP contribution in [0, 0.1) is 0 Å². The van der Waals surface area contributed by atoms with Crippen LogP contribution in [0.15, 0.2) is 6.07 Å². The van der Waals surface area contributed by atoms with Crippen LogP contribution in [-0.2, 0) is 11.3 Å². The largest absolute Gasteiger partial charge is 0.377 e. The summed E-state index contributed by atoms with van der Waals surface area (Å²) in [4.78, 5) is 11.2. The monoisotopic (exact) mass is 298 g/mol. The summed E-state index contributed by atoms with van der Waals surface area (Å²) < 4.78 is 5.15. The van der Waals surface area contributed by atoms with E-state index in [0.29, 0.717) is 18.5 Å². The van der Waals surface area contributed by atoms with E-state index in [-0.39, 0.29) is 0 Å².